The minimum atomic E-state index is -1.82. The van der Waals surface area contributed by atoms with Gasteiger partial charge in [0.05, 0.1) is 14.2 Å². The zero-order chi connectivity index (χ0) is 23.7. The van der Waals surface area contributed by atoms with Gasteiger partial charge in [-0.05, 0) is 24.3 Å². The van der Waals surface area contributed by atoms with Gasteiger partial charge in [0.1, 0.15) is 11.5 Å². The Balaban J connectivity index is 0.000000534. The van der Waals surface area contributed by atoms with E-state index >= 15 is 0 Å². The summed E-state index contributed by atoms with van der Waals surface area (Å²) in [5, 5.41) is 15.4. The van der Waals surface area contributed by atoms with Crippen LogP contribution >= 0.6 is 11.6 Å². The molecular weight excluding hydrogens is 440 g/mol. The van der Waals surface area contributed by atoms with E-state index in [2.05, 4.69) is 4.90 Å². The molecule has 32 heavy (non-hydrogen) atoms. The van der Waals surface area contributed by atoms with Gasteiger partial charge < -0.3 is 24.6 Å². The summed E-state index contributed by atoms with van der Waals surface area (Å²) in [4.78, 5) is 35.0. The third-order valence-corrected chi connectivity index (χ3v) is 5.04. The topological polar surface area (TPSA) is 117 Å². The fraction of sp³-hybridized carbons (Fsp3) is 0.318. The van der Waals surface area contributed by atoms with Crippen molar-refractivity contribution in [2.24, 2.45) is 0 Å². The van der Waals surface area contributed by atoms with E-state index in [1.165, 1.54) is 0 Å². The first-order chi connectivity index (χ1) is 15.2. The third-order valence-electron chi connectivity index (χ3n) is 4.80. The quantitative estimate of drug-likeness (QED) is 0.648. The number of hydrogen-bond acceptors (Lipinski definition) is 6. The molecule has 2 N–H and O–H groups in total. The number of carbonyl (C=O) groups excluding carboxylic acids is 1. The Labute approximate surface area is 190 Å². The average molecular weight is 465 g/mol. The highest BCUT2D eigenvalue weighted by Crippen LogP contribution is 2.26. The summed E-state index contributed by atoms with van der Waals surface area (Å²) < 4.78 is 10.7. The number of nitrogens with zero attached hydrogens (tertiary/aromatic N) is 2. The van der Waals surface area contributed by atoms with Crippen LogP contribution in [0.1, 0.15) is 15.9 Å². The van der Waals surface area contributed by atoms with E-state index in [0.29, 0.717) is 23.7 Å². The number of piperazine rings is 1. The van der Waals surface area contributed by atoms with Crippen molar-refractivity contribution in [1.82, 2.24) is 9.80 Å². The second-order valence-electron chi connectivity index (χ2n) is 6.87. The van der Waals surface area contributed by atoms with Crippen LogP contribution in [-0.4, -0.2) is 78.3 Å². The highest BCUT2D eigenvalue weighted by molar-refractivity contribution is 6.31. The number of methoxy groups -OCH3 is 2. The van der Waals surface area contributed by atoms with E-state index in [1.54, 1.807) is 26.4 Å². The molecule has 0 radical (unpaired) electrons. The molecule has 2 aromatic carbocycles. The SMILES string of the molecule is COc1ccc(CN2CCN(C(=O)c3cccc(Cl)c3)CC2)c(OC)c1.O=C(O)C(=O)O. The van der Waals surface area contributed by atoms with Crippen molar-refractivity contribution in [1.29, 1.82) is 0 Å². The molecule has 3 rings (SSSR count). The molecule has 1 fully saturated rings. The Hall–Kier alpha value is -3.30. The van der Waals surface area contributed by atoms with Gasteiger partial charge in [0.2, 0.25) is 0 Å². The molecule has 1 aliphatic rings. The molecule has 0 aromatic heterocycles. The molecule has 0 atom stereocenters. The third kappa shape index (κ3) is 7.14. The van der Waals surface area contributed by atoms with Crippen LogP contribution in [-0.2, 0) is 16.1 Å². The van der Waals surface area contributed by atoms with Crippen LogP contribution in [0.15, 0.2) is 42.5 Å². The summed E-state index contributed by atoms with van der Waals surface area (Å²) >= 11 is 5.99. The molecule has 0 spiro atoms. The smallest absolute Gasteiger partial charge is 0.414 e. The van der Waals surface area contributed by atoms with Gasteiger partial charge in [-0.3, -0.25) is 9.69 Å². The number of ether oxygens (including phenoxy) is 2. The van der Waals surface area contributed by atoms with Gasteiger partial charge in [0, 0.05) is 54.9 Å². The van der Waals surface area contributed by atoms with E-state index in [4.69, 9.17) is 40.9 Å². The number of aliphatic carboxylic acids is 2. The summed E-state index contributed by atoms with van der Waals surface area (Å²) in [7, 11) is 3.31. The van der Waals surface area contributed by atoms with Crippen molar-refractivity contribution in [2.45, 2.75) is 6.54 Å². The molecule has 1 aliphatic heterocycles. The van der Waals surface area contributed by atoms with E-state index < -0.39 is 11.9 Å². The van der Waals surface area contributed by atoms with Crippen molar-refractivity contribution < 1.29 is 34.1 Å². The highest BCUT2D eigenvalue weighted by Gasteiger charge is 2.23. The summed E-state index contributed by atoms with van der Waals surface area (Å²) in [6.45, 7) is 3.82. The van der Waals surface area contributed by atoms with Crippen LogP contribution in [0.4, 0.5) is 0 Å². The average Bonchev–Trinajstić information content (AvgIpc) is 2.79. The van der Waals surface area contributed by atoms with Crippen molar-refractivity contribution in [2.75, 3.05) is 40.4 Å². The van der Waals surface area contributed by atoms with Gasteiger partial charge in [0.25, 0.3) is 5.91 Å². The number of rotatable bonds is 5. The Morgan fingerprint density at radius 3 is 2.12 bits per heavy atom. The van der Waals surface area contributed by atoms with E-state index in [-0.39, 0.29) is 5.91 Å². The van der Waals surface area contributed by atoms with Gasteiger partial charge in [-0.15, -0.1) is 0 Å². The number of benzene rings is 2. The lowest BCUT2D eigenvalue weighted by Crippen LogP contribution is -2.48. The van der Waals surface area contributed by atoms with Gasteiger partial charge in [0.15, 0.2) is 0 Å². The normalized spacial score (nSPS) is 13.5. The molecular formula is C22H25ClN2O7. The molecule has 172 valence electrons. The molecule has 1 heterocycles. The maximum atomic E-state index is 12.6. The highest BCUT2D eigenvalue weighted by atomic mass is 35.5. The minimum absolute atomic E-state index is 0.0363. The van der Waals surface area contributed by atoms with Gasteiger partial charge >= 0.3 is 11.9 Å². The fourth-order valence-corrected chi connectivity index (χ4v) is 3.33. The Bertz CT molecular complexity index is 947. The maximum absolute atomic E-state index is 12.6. The monoisotopic (exact) mass is 464 g/mol. The van der Waals surface area contributed by atoms with Crippen LogP contribution in [0.3, 0.4) is 0 Å². The van der Waals surface area contributed by atoms with Crippen LogP contribution in [0.25, 0.3) is 0 Å². The van der Waals surface area contributed by atoms with Crippen molar-refractivity contribution in [3.05, 3.63) is 58.6 Å². The predicted octanol–water partition coefficient (Wildman–Crippen LogP) is 2.47. The first-order valence-electron chi connectivity index (χ1n) is 9.69. The second-order valence-corrected chi connectivity index (χ2v) is 7.30. The lowest BCUT2D eigenvalue weighted by Gasteiger charge is -2.35. The molecule has 9 nitrogen and oxygen atoms in total. The molecule has 1 amide bonds. The van der Waals surface area contributed by atoms with Crippen molar-refractivity contribution in [3.8, 4) is 11.5 Å². The summed E-state index contributed by atoms with van der Waals surface area (Å²) in [5.74, 6) is -2.01. The van der Waals surface area contributed by atoms with Gasteiger partial charge in [-0.1, -0.05) is 23.7 Å². The zero-order valence-electron chi connectivity index (χ0n) is 17.8. The largest absolute Gasteiger partial charge is 0.497 e. The second kappa shape index (κ2) is 11.9. The standard InChI is InChI=1S/C20H23ClN2O3.C2H2O4/c1-25-18-7-6-16(19(13-18)26-2)14-22-8-10-23(11-9-22)20(24)15-4-3-5-17(21)12-15;3-1(4)2(5)6/h3-7,12-13H,8-11,14H2,1-2H3;(H,3,4)(H,5,6). The van der Waals surface area contributed by atoms with Crippen LogP contribution < -0.4 is 9.47 Å². The molecule has 1 saturated heterocycles. The number of carbonyl (C=O) groups is 3. The molecule has 10 heteroatoms. The lowest BCUT2D eigenvalue weighted by atomic mass is 10.1. The zero-order valence-corrected chi connectivity index (χ0v) is 18.5. The predicted molar refractivity (Wildman–Crippen MR) is 117 cm³/mol. The molecule has 0 saturated carbocycles. The number of hydrogen-bond donors (Lipinski definition) is 2. The fourth-order valence-electron chi connectivity index (χ4n) is 3.14. The first-order valence-corrected chi connectivity index (χ1v) is 10.1. The van der Waals surface area contributed by atoms with E-state index in [1.807, 2.05) is 35.2 Å². The van der Waals surface area contributed by atoms with Crippen LogP contribution in [0.5, 0.6) is 11.5 Å². The number of carboxylic acid groups (broad SMARTS) is 2. The Morgan fingerprint density at radius 2 is 1.59 bits per heavy atom. The Morgan fingerprint density at radius 1 is 0.938 bits per heavy atom. The van der Waals surface area contributed by atoms with E-state index in [9.17, 15) is 4.79 Å². The number of halogens is 1. The van der Waals surface area contributed by atoms with Gasteiger partial charge in [-0.2, -0.15) is 0 Å². The van der Waals surface area contributed by atoms with Gasteiger partial charge in [-0.25, -0.2) is 9.59 Å². The van der Waals surface area contributed by atoms with Crippen LogP contribution in [0.2, 0.25) is 5.02 Å². The summed E-state index contributed by atoms with van der Waals surface area (Å²) in [5.41, 5.74) is 1.76. The number of amides is 1. The molecule has 0 unspecified atom stereocenters. The molecule has 0 bridgehead atoms. The first kappa shape index (κ1) is 25.0. The minimum Gasteiger partial charge on any atom is -0.497 e. The van der Waals surface area contributed by atoms with Crippen LogP contribution in [0, 0.1) is 0 Å². The van der Waals surface area contributed by atoms with Crippen molar-refractivity contribution >= 4 is 29.4 Å². The molecule has 0 aliphatic carbocycles. The summed E-state index contributed by atoms with van der Waals surface area (Å²) in [6, 6.07) is 13.0. The number of carboxylic acids is 2. The van der Waals surface area contributed by atoms with Crippen molar-refractivity contribution in [3.63, 3.8) is 0 Å². The maximum Gasteiger partial charge on any atom is 0.414 e. The van der Waals surface area contributed by atoms with E-state index in [0.717, 1.165) is 36.7 Å². The Kier molecular flexibility index (Phi) is 9.30. The lowest BCUT2D eigenvalue weighted by molar-refractivity contribution is -0.159. The molecule has 2 aromatic rings. The summed E-state index contributed by atoms with van der Waals surface area (Å²) in [6.07, 6.45) is 0.